The van der Waals surface area contributed by atoms with Gasteiger partial charge in [-0.15, -0.1) is 0 Å². The number of piperidine rings is 1. The van der Waals surface area contributed by atoms with E-state index in [-0.39, 0.29) is 5.97 Å². The second kappa shape index (κ2) is 9.25. The molecule has 1 amide bonds. The first-order chi connectivity index (χ1) is 11.2. The molecule has 0 aliphatic carbocycles. The Morgan fingerprint density at radius 3 is 2.25 bits per heavy atom. The topological polar surface area (TPSA) is 67.9 Å². The molecule has 0 unspecified atom stereocenters. The van der Waals surface area contributed by atoms with Gasteiger partial charge in [0.25, 0.3) is 0 Å². The summed E-state index contributed by atoms with van der Waals surface area (Å²) in [5.41, 5.74) is -1.57. The van der Waals surface area contributed by atoms with Crippen molar-refractivity contribution in [3.8, 4) is 0 Å². The molecular weight excluding hydrogens is 308 g/mol. The number of rotatable bonds is 7. The van der Waals surface area contributed by atoms with Crippen LogP contribution in [0.5, 0.6) is 0 Å². The van der Waals surface area contributed by atoms with Gasteiger partial charge in [-0.3, -0.25) is 0 Å². The molecular formula is C18H34N2O4. The summed E-state index contributed by atoms with van der Waals surface area (Å²) >= 11 is 0. The van der Waals surface area contributed by atoms with Gasteiger partial charge < -0.3 is 19.7 Å². The van der Waals surface area contributed by atoms with E-state index in [1.165, 1.54) is 32.8 Å². The summed E-state index contributed by atoms with van der Waals surface area (Å²) in [4.78, 5) is 26.8. The molecule has 6 heteroatoms. The number of nitrogens with one attached hydrogen (secondary N) is 1. The molecule has 6 nitrogen and oxygen atoms in total. The Balaban J connectivity index is 2.59. The van der Waals surface area contributed by atoms with Gasteiger partial charge in [-0.1, -0.05) is 26.2 Å². The second-order valence-electron chi connectivity index (χ2n) is 7.60. The fraction of sp³-hybridized carbons (Fsp3) is 0.889. The minimum Gasteiger partial charge on any atom is -0.467 e. The first-order valence-electron chi connectivity index (χ1n) is 9.04. The van der Waals surface area contributed by atoms with E-state index < -0.39 is 17.2 Å². The number of hydrogen-bond donors (Lipinski definition) is 1. The minimum absolute atomic E-state index is 0.390. The number of carbonyl (C=O) groups excluding carboxylic acids is 2. The van der Waals surface area contributed by atoms with Crippen molar-refractivity contribution < 1.29 is 19.1 Å². The molecule has 0 aromatic heterocycles. The van der Waals surface area contributed by atoms with Gasteiger partial charge in [0, 0.05) is 13.1 Å². The number of nitrogens with zero attached hydrogens (tertiary/aromatic N) is 1. The largest absolute Gasteiger partial charge is 0.467 e. The quantitative estimate of drug-likeness (QED) is 0.569. The number of likely N-dealkylation sites (tertiary alicyclic amines) is 1. The van der Waals surface area contributed by atoms with E-state index in [1.54, 1.807) is 20.8 Å². The molecule has 1 aliphatic rings. The van der Waals surface area contributed by atoms with Crippen LogP contribution in [0, 0.1) is 0 Å². The van der Waals surface area contributed by atoms with E-state index in [1.807, 2.05) is 0 Å². The summed E-state index contributed by atoms with van der Waals surface area (Å²) in [5, 5.41) is 2.77. The number of esters is 1. The lowest BCUT2D eigenvalue weighted by atomic mass is 9.87. The zero-order valence-corrected chi connectivity index (χ0v) is 15.9. The van der Waals surface area contributed by atoms with Gasteiger partial charge in [-0.05, 0) is 46.6 Å². The second-order valence-corrected chi connectivity index (χ2v) is 7.60. The number of methoxy groups -OCH3 is 1. The van der Waals surface area contributed by atoms with Gasteiger partial charge in [0.2, 0.25) is 0 Å². The Labute approximate surface area is 146 Å². The van der Waals surface area contributed by atoms with Crippen LogP contribution in [0.1, 0.15) is 66.2 Å². The molecule has 0 atom stereocenters. The minimum atomic E-state index is -0.975. The van der Waals surface area contributed by atoms with Crippen LogP contribution in [0.25, 0.3) is 0 Å². The fourth-order valence-corrected chi connectivity index (χ4v) is 3.00. The zero-order valence-electron chi connectivity index (χ0n) is 15.9. The zero-order chi connectivity index (χ0) is 18.2. The average molecular weight is 342 g/mol. The van der Waals surface area contributed by atoms with E-state index in [4.69, 9.17) is 9.47 Å². The molecule has 1 rings (SSSR count). The van der Waals surface area contributed by atoms with Crippen LogP contribution in [0.15, 0.2) is 0 Å². The molecule has 1 heterocycles. The van der Waals surface area contributed by atoms with Gasteiger partial charge in [-0.2, -0.15) is 0 Å². The molecule has 1 aliphatic heterocycles. The van der Waals surface area contributed by atoms with Crippen molar-refractivity contribution in [1.29, 1.82) is 0 Å². The monoisotopic (exact) mass is 342 g/mol. The van der Waals surface area contributed by atoms with E-state index in [9.17, 15) is 9.59 Å². The van der Waals surface area contributed by atoms with E-state index in [0.29, 0.717) is 12.8 Å². The molecule has 1 fully saturated rings. The number of alkyl carbamates (subject to hydrolysis) is 1. The van der Waals surface area contributed by atoms with Crippen LogP contribution in [-0.4, -0.2) is 54.8 Å². The van der Waals surface area contributed by atoms with Crippen molar-refractivity contribution in [2.24, 2.45) is 0 Å². The van der Waals surface area contributed by atoms with Gasteiger partial charge in [0.1, 0.15) is 11.1 Å². The normalized spacial score (nSPS) is 18.0. The Morgan fingerprint density at radius 2 is 1.75 bits per heavy atom. The lowest BCUT2D eigenvalue weighted by Gasteiger charge is -2.40. The van der Waals surface area contributed by atoms with Crippen LogP contribution in [0.3, 0.4) is 0 Å². The third kappa shape index (κ3) is 6.67. The number of unbranched alkanes of at least 4 members (excludes halogenated alkanes) is 3. The number of hydrogen-bond acceptors (Lipinski definition) is 5. The summed E-state index contributed by atoms with van der Waals surface area (Å²) < 4.78 is 10.3. The molecule has 0 bridgehead atoms. The van der Waals surface area contributed by atoms with E-state index in [0.717, 1.165) is 19.6 Å². The Kier molecular flexibility index (Phi) is 8.00. The Bertz CT molecular complexity index is 410. The Morgan fingerprint density at radius 1 is 1.12 bits per heavy atom. The van der Waals surface area contributed by atoms with Gasteiger partial charge >= 0.3 is 12.1 Å². The maximum atomic E-state index is 12.3. The molecule has 0 aromatic carbocycles. The van der Waals surface area contributed by atoms with Crippen molar-refractivity contribution in [3.63, 3.8) is 0 Å². The van der Waals surface area contributed by atoms with Crippen molar-refractivity contribution in [1.82, 2.24) is 10.2 Å². The molecule has 0 saturated carbocycles. The summed E-state index contributed by atoms with van der Waals surface area (Å²) in [7, 11) is 1.36. The maximum absolute atomic E-state index is 12.3. The number of amides is 1. The average Bonchev–Trinajstić information content (AvgIpc) is 2.50. The van der Waals surface area contributed by atoms with Gasteiger partial charge in [0.15, 0.2) is 0 Å². The Hall–Kier alpha value is -1.30. The van der Waals surface area contributed by atoms with E-state index >= 15 is 0 Å². The molecule has 1 saturated heterocycles. The predicted molar refractivity (Wildman–Crippen MR) is 93.9 cm³/mol. The lowest BCUT2D eigenvalue weighted by molar-refractivity contribution is -0.150. The molecule has 140 valence electrons. The molecule has 1 N–H and O–H groups in total. The van der Waals surface area contributed by atoms with Crippen LogP contribution in [-0.2, 0) is 14.3 Å². The number of carbonyl (C=O) groups is 2. The number of ether oxygens (including phenoxy) is 2. The first kappa shape index (κ1) is 20.7. The van der Waals surface area contributed by atoms with Crippen molar-refractivity contribution in [2.75, 3.05) is 26.7 Å². The summed E-state index contributed by atoms with van der Waals surface area (Å²) in [6, 6.07) is 0. The highest BCUT2D eigenvalue weighted by molar-refractivity contribution is 5.86. The summed E-state index contributed by atoms with van der Waals surface area (Å²) in [6.45, 7) is 10.2. The predicted octanol–water partition coefficient (Wildman–Crippen LogP) is 3.10. The SMILES string of the molecule is CCCCCCN1CCC(NC(=O)OC(C)(C)C)(C(=O)OC)CC1. The van der Waals surface area contributed by atoms with Crippen molar-refractivity contribution in [2.45, 2.75) is 77.4 Å². The summed E-state index contributed by atoms with van der Waals surface area (Å²) in [5.74, 6) is -0.390. The highest BCUT2D eigenvalue weighted by Crippen LogP contribution is 2.25. The first-order valence-corrected chi connectivity index (χ1v) is 9.04. The lowest BCUT2D eigenvalue weighted by Crippen LogP contribution is -2.61. The molecule has 24 heavy (non-hydrogen) atoms. The highest BCUT2D eigenvalue weighted by atomic mass is 16.6. The standard InChI is InChI=1S/C18H34N2O4/c1-6-7-8-9-12-20-13-10-18(11-14-20,15(21)23-5)19-16(22)24-17(2,3)4/h6-14H2,1-5H3,(H,19,22). The van der Waals surface area contributed by atoms with Gasteiger partial charge in [0.05, 0.1) is 7.11 Å². The summed E-state index contributed by atoms with van der Waals surface area (Å²) in [6.07, 6.45) is 5.44. The van der Waals surface area contributed by atoms with Gasteiger partial charge in [-0.25, -0.2) is 9.59 Å². The van der Waals surface area contributed by atoms with Crippen LogP contribution in [0.4, 0.5) is 4.79 Å². The third-order valence-electron chi connectivity index (χ3n) is 4.35. The fourth-order valence-electron chi connectivity index (χ4n) is 3.00. The molecule has 0 aromatic rings. The van der Waals surface area contributed by atoms with Crippen LogP contribution >= 0.6 is 0 Å². The highest BCUT2D eigenvalue weighted by Gasteiger charge is 2.44. The third-order valence-corrected chi connectivity index (χ3v) is 4.35. The van der Waals surface area contributed by atoms with Crippen LogP contribution in [0.2, 0.25) is 0 Å². The molecule has 0 spiro atoms. The van der Waals surface area contributed by atoms with E-state index in [2.05, 4.69) is 17.1 Å². The smallest absolute Gasteiger partial charge is 0.408 e. The maximum Gasteiger partial charge on any atom is 0.408 e. The van der Waals surface area contributed by atoms with Crippen molar-refractivity contribution >= 4 is 12.1 Å². The molecule has 0 radical (unpaired) electrons. The van der Waals surface area contributed by atoms with Crippen molar-refractivity contribution in [3.05, 3.63) is 0 Å². The van der Waals surface area contributed by atoms with Crippen LogP contribution < -0.4 is 5.32 Å².